The molecule has 0 radical (unpaired) electrons. The molecule has 3 N–H and O–H groups in total. The molecular weight excluding hydrogens is 336 g/mol. The first kappa shape index (κ1) is 17.0. The van der Waals surface area contributed by atoms with E-state index in [0.29, 0.717) is 17.1 Å². The van der Waals surface area contributed by atoms with Gasteiger partial charge in [-0.2, -0.15) is 5.10 Å². The predicted molar refractivity (Wildman–Crippen MR) is 95.7 cm³/mol. The van der Waals surface area contributed by atoms with Gasteiger partial charge in [0.1, 0.15) is 11.5 Å². The van der Waals surface area contributed by atoms with Crippen LogP contribution in [0.15, 0.2) is 70.2 Å². The van der Waals surface area contributed by atoms with Crippen LogP contribution in [0, 0.1) is 0 Å². The van der Waals surface area contributed by atoms with E-state index >= 15 is 0 Å². The number of carboxylic acids is 2. The van der Waals surface area contributed by atoms with Gasteiger partial charge in [-0.05, 0) is 42.5 Å². The molecule has 3 rings (SSSR count). The fourth-order valence-electron chi connectivity index (χ4n) is 2.28. The summed E-state index contributed by atoms with van der Waals surface area (Å²) < 4.78 is 5.60. The van der Waals surface area contributed by atoms with E-state index in [2.05, 4.69) is 10.5 Å². The normalized spacial score (nSPS) is 10.8. The molecule has 26 heavy (non-hydrogen) atoms. The molecule has 1 aromatic heterocycles. The minimum absolute atomic E-state index is 0.128. The Labute approximate surface area is 148 Å². The van der Waals surface area contributed by atoms with Crippen molar-refractivity contribution in [3.63, 3.8) is 0 Å². The number of benzene rings is 2. The van der Waals surface area contributed by atoms with Gasteiger partial charge in [-0.25, -0.2) is 9.59 Å². The second kappa shape index (κ2) is 7.35. The van der Waals surface area contributed by atoms with Crippen molar-refractivity contribution < 1.29 is 24.2 Å². The van der Waals surface area contributed by atoms with E-state index in [1.165, 1.54) is 18.3 Å². The number of carboxylic acid groups (broad SMARTS) is 2. The van der Waals surface area contributed by atoms with Gasteiger partial charge in [-0.15, -0.1) is 0 Å². The van der Waals surface area contributed by atoms with Gasteiger partial charge in [0.2, 0.25) is 0 Å². The molecule has 0 aliphatic heterocycles. The number of nitrogens with one attached hydrogen (secondary N) is 1. The summed E-state index contributed by atoms with van der Waals surface area (Å²) in [5, 5.41) is 22.3. The Balaban J connectivity index is 1.83. The zero-order valence-corrected chi connectivity index (χ0v) is 13.4. The molecule has 1 heterocycles. The molecule has 0 atom stereocenters. The Kier molecular flexibility index (Phi) is 4.80. The number of furan rings is 1. The van der Waals surface area contributed by atoms with E-state index in [-0.39, 0.29) is 11.1 Å². The third-order valence-electron chi connectivity index (χ3n) is 3.50. The van der Waals surface area contributed by atoms with Gasteiger partial charge >= 0.3 is 11.9 Å². The number of para-hydroxylation sites is 1. The first-order chi connectivity index (χ1) is 12.5. The minimum atomic E-state index is -1.21. The summed E-state index contributed by atoms with van der Waals surface area (Å²) in [7, 11) is 0. The second-order valence-corrected chi connectivity index (χ2v) is 5.35. The third-order valence-corrected chi connectivity index (χ3v) is 3.50. The monoisotopic (exact) mass is 350 g/mol. The van der Waals surface area contributed by atoms with Crippen LogP contribution in [-0.4, -0.2) is 28.4 Å². The maximum absolute atomic E-state index is 11.2. The van der Waals surface area contributed by atoms with E-state index in [0.717, 1.165) is 11.8 Å². The van der Waals surface area contributed by atoms with E-state index in [4.69, 9.17) is 14.6 Å². The summed E-state index contributed by atoms with van der Waals surface area (Å²) in [6.45, 7) is 0. The molecule has 0 saturated heterocycles. The van der Waals surface area contributed by atoms with Crippen molar-refractivity contribution in [2.45, 2.75) is 0 Å². The summed E-state index contributed by atoms with van der Waals surface area (Å²) in [5.74, 6) is -1.65. The lowest BCUT2D eigenvalue weighted by Crippen LogP contribution is -2.02. The van der Waals surface area contributed by atoms with Crippen LogP contribution >= 0.6 is 0 Å². The Hall–Kier alpha value is -3.87. The molecule has 0 spiro atoms. The fourth-order valence-corrected chi connectivity index (χ4v) is 2.28. The van der Waals surface area contributed by atoms with Crippen LogP contribution < -0.4 is 5.43 Å². The standard InChI is InChI=1S/C19H14N2O5/c22-18(23)13-8-12(9-14(10-13)19(24)25)17-7-6-16(26-17)11-20-21-15-4-2-1-3-5-15/h1-11,21H,(H,22,23)(H,24,25). The summed E-state index contributed by atoms with van der Waals surface area (Å²) in [6, 6.07) is 16.4. The Morgan fingerprint density at radius 3 is 2.19 bits per heavy atom. The van der Waals surface area contributed by atoms with E-state index in [9.17, 15) is 9.59 Å². The van der Waals surface area contributed by atoms with Crippen LogP contribution in [-0.2, 0) is 0 Å². The van der Waals surface area contributed by atoms with Crippen LogP contribution in [0.25, 0.3) is 11.3 Å². The molecule has 0 bridgehead atoms. The first-order valence-electron chi connectivity index (χ1n) is 7.59. The number of carbonyl (C=O) groups is 2. The van der Waals surface area contributed by atoms with Crippen molar-refractivity contribution in [2.75, 3.05) is 5.43 Å². The predicted octanol–water partition coefficient (Wildman–Crippen LogP) is 3.79. The zero-order valence-electron chi connectivity index (χ0n) is 13.4. The quantitative estimate of drug-likeness (QED) is 0.460. The molecule has 0 unspecified atom stereocenters. The minimum Gasteiger partial charge on any atom is -0.478 e. The highest BCUT2D eigenvalue weighted by atomic mass is 16.4. The van der Waals surface area contributed by atoms with E-state index in [1.54, 1.807) is 12.1 Å². The van der Waals surface area contributed by atoms with E-state index < -0.39 is 11.9 Å². The smallest absolute Gasteiger partial charge is 0.335 e. The second-order valence-electron chi connectivity index (χ2n) is 5.35. The van der Waals surface area contributed by atoms with Gasteiger partial charge in [0, 0.05) is 5.56 Å². The number of aromatic carboxylic acids is 2. The maximum Gasteiger partial charge on any atom is 0.335 e. The molecule has 7 nitrogen and oxygen atoms in total. The summed E-state index contributed by atoms with van der Waals surface area (Å²) in [5.41, 5.74) is 3.76. The molecule has 0 amide bonds. The molecule has 3 aromatic rings. The number of nitrogens with zero attached hydrogens (tertiary/aromatic N) is 1. The van der Waals surface area contributed by atoms with Crippen molar-refractivity contribution in [1.29, 1.82) is 0 Å². The van der Waals surface area contributed by atoms with Gasteiger partial charge in [-0.1, -0.05) is 18.2 Å². The molecule has 0 aliphatic carbocycles. The maximum atomic E-state index is 11.2. The number of hydrazone groups is 1. The number of hydrogen-bond acceptors (Lipinski definition) is 5. The van der Waals surface area contributed by atoms with Crippen LogP contribution in [0.5, 0.6) is 0 Å². The summed E-state index contributed by atoms with van der Waals surface area (Å²) >= 11 is 0. The van der Waals surface area contributed by atoms with Crippen molar-refractivity contribution in [1.82, 2.24) is 0 Å². The average Bonchev–Trinajstić information content (AvgIpc) is 3.11. The SMILES string of the molecule is O=C(O)c1cc(C(=O)O)cc(-c2ccc(C=NNc3ccccc3)o2)c1. The highest BCUT2D eigenvalue weighted by Crippen LogP contribution is 2.24. The lowest BCUT2D eigenvalue weighted by atomic mass is 10.0. The van der Waals surface area contributed by atoms with Crippen molar-refractivity contribution in [3.05, 3.63) is 77.6 Å². The van der Waals surface area contributed by atoms with Crippen LogP contribution in [0.4, 0.5) is 5.69 Å². The van der Waals surface area contributed by atoms with Gasteiger partial charge < -0.3 is 14.6 Å². The first-order valence-corrected chi connectivity index (χ1v) is 7.59. The van der Waals surface area contributed by atoms with Crippen LogP contribution in [0.1, 0.15) is 26.5 Å². The van der Waals surface area contributed by atoms with Crippen LogP contribution in [0.3, 0.4) is 0 Å². The van der Waals surface area contributed by atoms with Crippen molar-refractivity contribution in [2.24, 2.45) is 5.10 Å². The molecule has 0 saturated carbocycles. The summed E-state index contributed by atoms with van der Waals surface area (Å²) in [4.78, 5) is 22.4. The Morgan fingerprint density at radius 2 is 1.58 bits per heavy atom. The summed E-state index contributed by atoms with van der Waals surface area (Å²) in [6.07, 6.45) is 1.47. The fraction of sp³-hybridized carbons (Fsp3) is 0. The Morgan fingerprint density at radius 1 is 0.923 bits per heavy atom. The lowest BCUT2D eigenvalue weighted by Gasteiger charge is -2.03. The molecule has 7 heteroatoms. The van der Waals surface area contributed by atoms with Crippen molar-refractivity contribution >= 4 is 23.8 Å². The average molecular weight is 350 g/mol. The largest absolute Gasteiger partial charge is 0.478 e. The van der Waals surface area contributed by atoms with Gasteiger partial charge in [0.05, 0.1) is 23.0 Å². The van der Waals surface area contributed by atoms with Gasteiger partial charge in [0.25, 0.3) is 0 Å². The zero-order chi connectivity index (χ0) is 18.5. The molecule has 0 fully saturated rings. The van der Waals surface area contributed by atoms with E-state index in [1.807, 2.05) is 30.3 Å². The Bertz CT molecular complexity index is 944. The third kappa shape index (κ3) is 3.96. The molecular formula is C19H14N2O5. The van der Waals surface area contributed by atoms with Gasteiger partial charge in [0.15, 0.2) is 0 Å². The van der Waals surface area contributed by atoms with Crippen molar-refractivity contribution in [3.8, 4) is 11.3 Å². The highest BCUT2D eigenvalue weighted by molar-refractivity contribution is 5.96. The molecule has 2 aromatic carbocycles. The lowest BCUT2D eigenvalue weighted by molar-refractivity contribution is 0.0696. The number of anilines is 1. The topological polar surface area (TPSA) is 112 Å². The van der Waals surface area contributed by atoms with Crippen LogP contribution in [0.2, 0.25) is 0 Å². The molecule has 130 valence electrons. The van der Waals surface area contributed by atoms with Gasteiger partial charge in [-0.3, -0.25) is 5.43 Å². The highest BCUT2D eigenvalue weighted by Gasteiger charge is 2.14. The number of rotatable bonds is 6. The molecule has 0 aliphatic rings. The number of hydrogen-bond donors (Lipinski definition) is 3.